The van der Waals surface area contributed by atoms with Crippen LogP contribution >= 0.6 is 0 Å². The summed E-state index contributed by atoms with van der Waals surface area (Å²) in [5.41, 5.74) is 0.149. The summed E-state index contributed by atoms with van der Waals surface area (Å²) in [5, 5.41) is 8.94. The highest BCUT2D eigenvalue weighted by atomic mass is 16.5. The molecule has 10 heavy (non-hydrogen) atoms. The van der Waals surface area contributed by atoms with Crippen LogP contribution in [0.5, 0.6) is 0 Å². The van der Waals surface area contributed by atoms with E-state index in [-0.39, 0.29) is 5.56 Å². The topological polar surface area (TPSA) is 55.1 Å². The van der Waals surface area contributed by atoms with Crippen LogP contribution in [0.4, 0.5) is 0 Å². The molecule has 1 heterocycles. The van der Waals surface area contributed by atoms with E-state index in [4.69, 9.17) is 5.21 Å². The lowest BCUT2D eigenvalue weighted by Gasteiger charge is -1.99. The number of aryl methyl sites for hydroxylation is 2. The van der Waals surface area contributed by atoms with Crippen molar-refractivity contribution >= 4 is 0 Å². The SMILES string of the molecule is Cc1cn(O)c(C)nc1=O. The van der Waals surface area contributed by atoms with Crippen LogP contribution in [-0.4, -0.2) is 14.9 Å². The molecule has 0 atom stereocenters. The Bertz CT molecular complexity index is 303. The van der Waals surface area contributed by atoms with E-state index in [1.54, 1.807) is 13.8 Å². The van der Waals surface area contributed by atoms with Gasteiger partial charge in [0.2, 0.25) is 0 Å². The molecule has 0 saturated heterocycles. The molecule has 0 bridgehead atoms. The van der Waals surface area contributed by atoms with Gasteiger partial charge in [0, 0.05) is 5.56 Å². The van der Waals surface area contributed by atoms with Crippen molar-refractivity contribution in [2.24, 2.45) is 0 Å². The maximum absolute atomic E-state index is 10.8. The Hall–Kier alpha value is -1.32. The fraction of sp³-hybridized carbons (Fsp3) is 0.333. The van der Waals surface area contributed by atoms with Gasteiger partial charge in [0.15, 0.2) is 0 Å². The molecule has 1 aromatic rings. The molecule has 1 aromatic heterocycles. The Morgan fingerprint density at radius 2 is 2.20 bits per heavy atom. The molecule has 4 nitrogen and oxygen atoms in total. The summed E-state index contributed by atoms with van der Waals surface area (Å²) in [5.74, 6) is 0.301. The zero-order valence-electron chi connectivity index (χ0n) is 5.83. The molecule has 0 spiro atoms. The average Bonchev–Trinajstić information content (AvgIpc) is 1.84. The molecule has 0 fully saturated rings. The molecule has 1 rings (SSSR count). The largest absolute Gasteiger partial charge is 0.427 e. The molecule has 1 N–H and O–H groups in total. The predicted molar refractivity (Wildman–Crippen MR) is 35.2 cm³/mol. The van der Waals surface area contributed by atoms with Crippen molar-refractivity contribution in [3.63, 3.8) is 0 Å². The van der Waals surface area contributed by atoms with Gasteiger partial charge < -0.3 is 5.21 Å². The zero-order chi connectivity index (χ0) is 7.72. The van der Waals surface area contributed by atoms with E-state index in [1.807, 2.05) is 0 Å². The van der Waals surface area contributed by atoms with Crippen LogP contribution in [0.2, 0.25) is 0 Å². The third kappa shape index (κ3) is 1.00. The van der Waals surface area contributed by atoms with Gasteiger partial charge in [-0.2, -0.15) is 9.71 Å². The Balaban J connectivity index is 3.43. The Morgan fingerprint density at radius 3 is 2.70 bits per heavy atom. The second-order valence-electron chi connectivity index (χ2n) is 2.12. The van der Waals surface area contributed by atoms with Crippen LogP contribution in [-0.2, 0) is 0 Å². The molecule has 0 aliphatic carbocycles. The van der Waals surface area contributed by atoms with E-state index in [2.05, 4.69) is 4.98 Å². The lowest BCUT2D eigenvalue weighted by atomic mass is 10.4. The summed E-state index contributed by atoms with van der Waals surface area (Å²) in [6, 6.07) is 0. The first-order chi connectivity index (χ1) is 4.61. The van der Waals surface area contributed by atoms with Crippen LogP contribution in [0.15, 0.2) is 11.0 Å². The number of rotatable bonds is 0. The van der Waals surface area contributed by atoms with Crippen LogP contribution in [0.3, 0.4) is 0 Å². The maximum Gasteiger partial charge on any atom is 0.276 e. The molecule has 54 valence electrons. The van der Waals surface area contributed by atoms with Crippen molar-refractivity contribution in [1.29, 1.82) is 0 Å². The average molecular weight is 140 g/mol. The summed E-state index contributed by atoms with van der Waals surface area (Å²) in [6.45, 7) is 3.16. The van der Waals surface area contributed by atoms with Crippen LogP contribution in [0.1, 0.15) is 11.4 Å². The minimum Gasteiger partial charge on any atom is -0.427 e. The molecular formula is C6H8N2O2. The summed E-state index contributed by atoms with van der Waals surface area (Å²) in [6.07, 6.45) is 1.34. The third-order valence-corrected chi connectivity index (χ3v) is 1.25. The smallest absolute Gasteiger partial charge is 0.276 e. The lowest BCUT2D eigenvalue weighted by Crippen LogP contribution is -2.16. The first-order valence-electron chi connectivity index (χ1n) is 2.87. The summed E-state index contributed by atoms with van der Waals surface area (Å²) in [7, 11) is 0. The van der Waals surface area contributed by atoms with Crippen LogP contribution in [0, 0.1) is 13.8 Å². The van der Waals surface area contributed by atoms with Gasteiger partial charge in [0.05, 0.1) is 6.20 Å². The normalized spacial score (nSPS) is 9.80. The summed E-state index contributed by atoms with van der Waals surface area (Å²) in [4.78, 5) is 14.3. The minimum atomic E-state index is -0.289. The molecular weight excluding hydrogens is 132 g/mol. The zero-order valence-corrected chi connectivity index (χ0v) is 5.83. The molecule has 4 heteroatoms. The molecule has 0 aromatic carbocycles. The number of nitrogens with zero attached hydrogens (tertiary/aromatic N) is 2. The third-order valence-electron chi connectivity index (χ3n) is 1.25. The van der Waals surface area contributed by atoms with Gasteiger partial charge in [0.25, 0.3) is 5.56 Å². The number of aromatic nitrogens is 2. The van der Waals surface area contributed by atoms with Crippen molar-refractivity contribution in [1.82, 2.24) is 9.71 Å². The second-order valence-corrected chi connectivity index (χ2v) is 2.12. The van der Waals surface area contributed by atoms with Gasteiger partial charge in [0.1, 0.15) is 5.82 Å². The molecule has 0 saturated carbocycles. The van der Waals surface area contributed by atoms with E-state index < -0.39 is 0 Å². The Morgan fingerprint density at radius 1 is 1.60 bits per heavy atom. The second kappa shape index (κ2) is 2.13. The van der Waals surface area contributed by atoms with E-state index in [0.29, 0.717) is 11.4 Å². The molecule has 0 radical (unpaired) electrons. The van der Waals surface area contributed by atoms with Gasteiger partial charge in [-0.05, 0) is 13.8 Å². The fourth-order valence-electron chi connectivity index (χ4n) is 0.618. The van der Waals surface area contributed by atoms with Gasteiger partial charge >= 0.3 is 0 Å². The Kier molecular flexibility index (Phi) is 1.45. The van der Waals surface area contributed by atoms with Gasteiger partial charge in [-0.1, -0.05) is 0 Å². The fourth-order valence-corrected chi connectivity index (χ4v) is 0.618. The molecule has 0 aliphatic heterocycles. The first kappa shape index (κ1) is 6.80. The van der Waals surface area contributed by atoms with E-state index in [0.717, 1.165) is 4.73 Å². The van der Waals surface area contributed by atoms with Crippen LogP contribution in [0.25, 0.3) is 0 Å². The minimum absolute atomic E-state index is 0.289. The predicted octanol–water partition coefficient (Wildman–Crippen LogP) is 0.0974. The van der Waals surface area contributed by atoms with E-state index in [1.165, 1.54) is 6.20 Å². The molecule has 0 amide bonds. The molecule has 0 unspecified atom stereocenters. The lowest BCUT2D eigenvalue weighted by molar-refractivity contribution is 0.172. The van der Waals surface area contributed by atoms with Gasteiger partial charge in [-0.15, -0.1) is 0 Å². The van der Waals surface area contributed by atoms with Crippen molar-refractivity contribution in [3.05, 3.63) is 27.9 Å². The van der Waals surface area contributed by atoms with Crippen molar-refractivity contribution in [3.8, 4) is 0 Å². The quantitative estimate of drug-likeness (QED) is 0.520. The summed E-state index contributed by atoms with van der Waals surface area (Å²) < 4.78 is 0.830. The van der Waals surface area contributed by atoms with Gasteiger partial charge in [-0.25, -0.2) is 0 Å². The number of hydrogen-bond acceptors (Lipinski definition) is 3. The first-order valence-corrected chi connectivity index (χ1v) is 2.87. The van der Waals surface area contributed by atoms with Crippen LogP contribution < -0.4 is 5.56 Å². The Labute approximate surface area is 57.7 Å². The maximum atomic E-state index is 10.8. The van der Waals surface area contributed by atoms with Crippen molar-refractivity contribution < 1.29 is 5.21 Å². The van der Waals surface area contributed by atoms with Crippen molar-refractivity contribution in [2.45, 2.75) is 13.8 Å². The van der Waals surface area contributed by atoms with Gasteiger partial charge in [-0.3, -0.25) is 4.79 Å². The van der Waals surface area contributed by atoms with E-state index >= 15 is 0 Å². The standard InChI is InChI=1S/C6H8N2O2/c1-4-3-8(10)5(2)7-6(4)9/h3,10H,1-2H3. The van der Waals surface area contributed by atoms with E-state index in [9.17, 15) is 4.79 Å². The molecule has 0 aliphatic rings. The van der Waals surface area contributed by atoms with Crippen molar-refractivity contribution in [2.75, 3.05) is 0 Å². The summed E-state index contributed by atoms with van der Waals surface area (Å²) >= 11 is 0. The highest BCUT2D eigenvalue weighted by molar-refractivity contribution is 5.02. The monoisotopic (exact) mass is 140 g/mol. The number of hydrogen-bond donors (Lipinski definition) is 1. The highest BCUT2D eigenvalue weighted by Crippen LogP contribution is 1.88. The highest BCUT2D eigenvalue weighted by Gasteiger charge is 1.97.